The van der Waals surface area contributed by atoms with E-state index in [1.807, 2.05) is 26.1 Å². The largest absolute Gasteiger partial charge is 0.465 e. The molecule has 0 radical (unpaired) electrons. The highest BCUT2D eigenvalue weighted by Gasteiger charge is 2.29. The van der Waals surface area contributed by atoms with Crippen molar-refractivity contribution in [3.05, 3.63) is 23.7 Å². The molecule has 1 aliphatic heterocycles. The van der Waals surface area contributed by atoms with Crippen LogP contribution in [0.25, 0.3) is 0 Å². The van der Waals surface area contributed by atoms with Crippen LogP contribution in [-0.4, -0.2) is 60.3 Å². The Morgan fingerprint density at radius 2 is 2.12 bits per heavy atom. The molecule has 2 heterocycles. The van der Waals surface area contributed by atoms with E-state index in [0.29, 0.717) is 13.1 Å². The number of nitrogens with zero attached hydrogens (tertiary/aromatic N) is 2. The van der Waals surface area contributed by atoms with E-state index in [4.69, 9.17) is 4.42 Å². The van der Waals surface area contributed by atoms with Gasteiger partial charge in [0.15, 0.2) is 0 Å². The molecule has 140 valence electrons. The number of aliphatic hydroxyl groups is 1. The highest BCUT2D eigenvalue weighted by molar-refractivity contribution is 5.73. The minimum Gasteiger partial charge on any atom is -0.465 e. The Morgan fingerprint density at radius 3 is 2.72 bits per heavy atom. The molecule has 0 spiro atoms. The molecule has 0 bridgehead atoms. The molecule has 6 heteroatoms. The number of aliphatic hydroxyl groups excluding tert-OH is 1. The van der Waals surface area contributed by atoms with Crippen molar-refractivity contribution in [2.45, 2.75) is 51.2 Å². The molecule has 1 aromatic heterocycles. The third-order valence-electron chi connectivity index (χ3n) is 5.59. The summed E-state index contributed by atoms with van der Waals surface area (Å²) in [6.45, 7) is 5.20. The molecule has 1 saturated carbocycles. The number of amides is 2. The molecule has 2 fully saturated rings. The monoisotopic (exact) mass is 349 g/mol. The van der Waals surface area contributed by atoms with Crippen molar-refractivity contribution < 1.29 is 14.3 Å². The van der Waals surface area contributed by atoms with Crippen LogP contribution in [0.4, 0.5) is 4.79 Å². The molecule has 1 aromatic rings. The van der Waals surface area contributed by atoms with E-state index in [-0.39, 0.29) is 24.1 Å². The van der Waals surface area contributed by atoms with E-state index in [1.165, 1.54) is 12.8 Å². The number of carbonyl (C=O) groups excluding carboxylic acids is 1. The molecule has 2 amide bonds. The van der Waals surface area contributed by atoms with Crippen molar-refractivity contribution >= 4 is 6.03 Å². The summed E-state index contributed by atoms with van der Waals surface area (Å²) < 4.78 is 5.83. The summed E-state index contributed by atoms with van der Waals surface area (Å²) in [5.74, 6) is 2.03. The number of likely N-dealkylation sites (tertiary alicyclic amines) is 1. The molecule has 2 aliphatic rings. The van der Waals surface area contributed by atoms with Gasteiger partial charge in [0, 0.05) is 26.1 Å². The maximum absolute atomic E-state index is 12.5. The lowest BCUT2D eigenvalue weighted by atomic mass is 10.1. The Balaban J connectivity index is 1.55. The van der Waals surface area contributed by atoms with Gasteiger partial charge in [-0.1, -0.05) is 6.42 Å². The van der Waals surface area contributed by atoms with Gasteiger partial charge in [-0.25, -0.2) is 4.79 Å². The summed E-state index contributed by atoms with van der Waals surface area (Å²) in [6.07, 6.45) is 5.04. The normalized spacial score (nSPS) is 25.2. The van der Waals surface area contributed by atoms with Gasteiger partial charge >= 0.3 is 6.03 Å². The van der Waals surface area contributed by atoms with Crippen molar-refractivity contribution in [2.24, 2.45) is 5.92 Å². The highest BCUT2D eigenvalue weighted by Crippen LogP contribution is 2.27. The van der Waals surface area contributed by atoms with E-state index in [1.54, 1.807) is 4.90 Å². The van der Waals surface area contributed by atoms with Crippen molar-refractivity contribution in [3.8, 4) is 0 Å². The zero-order valence-corrected chi connectivity index (χ0v) is 15.4. The second-order valence-electron chi connectivity index (χ2n) is 7.53. The van der Waals surface area contributed by atoms with Crippen LogP contribution in [0, 0.1) is 12.8 Å². The van der Waals surface area contributed by atoms with E-state index < -0.39 is 0 Å². The number of urea groups is 1. The first-order chi connectivity index (χ1) is 12.0. The van der Waals surface area contributed by atoms with Crippen LogP contribution >= 0.6 is 0 Å². The van der Waals surface area contributed by atoms with Gasteiger partial charge in [0.25, 0.3) is 0 Å². The molecule has 2 N–H and O–H groups in total. The molecule has 0 aromatic carbocycles. The number of hydrogen-bond acceptors (Lipinski definition) is 4. The lowest BCUT2D eigenvalue weighted by Crippen LogP contribution is -2.44. The summed E-state index contributed by atoms with van der Waals surface area (Å²) in [4.78, 5) is 16.6. The van der Waals surface area contributed by atoms with Crippen LogP contribution in [0.3, 0.4) is 0 Å². The van der Waals surface area contributed by atoms with Crippen molar-refractivity contribution in [2.75, 3.05) is 33.2 Å². The first-order valence-electron chi connectivity index (χ1n) is 9.52. The molecular formula is C19H31N3O3. The van der Waals surface area contributed by atoms with Crippen LogP contribution in [0.1, 0.15) is 49.7 Å². The summed E-state index contributed by atoms with van der Waals surface area (Å²) in [5.41, 5.74) is 0. The predicted molar refractivity (Wildman–Crippen MR) is 96.4 cm³/mol. The van der Waals surface area contributed by atoms with Gasteiger partial charge in [-0.3, -0.25) is 4.90 Å². The first kappa shape index (κ1) is 18.3. The minimum absolute atomic E-state index is 0.0772. The molecule has 25 heavy (non-hydrogen) atoms. The van der Waals surface area contributed by atoms with Crippen LogP contribution < -0.4 is 5.32 Å². The summed E-state index contributed by atoms with van der Waals surface area (Å²) in [7, 11) is 1.81. The Labute approximate surface area is 150 Å². The van der Waals surface area contributed by atoms with Gasteiger partial charge in [0.2, 0.25) is 0 Å². The third kappa shape index (κ3) is 4.55. The number of nitrogens with one attached hydrogen (secondary N) is 1. The van der Waals surface area contributed by atoms with E-state index in [0.717, 1.165) is 43.9 Å². The molecule has 1 aliphatic carbocycles. The molecule has 3 unspecified atom stereocenters. The van der Waals surface area contributed by atoms with Crippen LogP contribution in [0.2, 0.25) is 0 Å². The van der Waals surface area contributed by atoms with Gasteiger partial charge in [-0.2, -0.15) is 0 Å². The quantitative estimate of drug-likeness (QED) is 0.828. The fraction of sp³-hybridized carbons (Fsp3) is 0.737. The van der Waals surface area contributed by atoms with Crippen LogP contribution in [-0.2, 0) is 0 Å². The zero-order valence-electron chi connectivity index (χ0n) is 15.4. The first-order valence-corrected chi connectivity index (χ1v) is 9.52. The zero-order chi connectivity index (χ0) is 17.8. The van der Waals surface area contributed by atoms with Crippen LogP contribution in [0.5, 0.6) is 0 Å². The third-order valence-corrected chi connectivity index (χ3v) is 5.59. The van der Waals surface area contributed by atoms with Gasteiger partial charge in [-0.15, -0.1) is 0 Å². The molecular weight excluding hydrogens is 318 g/mol. The van der Waals surface area contributed by atoms with Gasteiger partial charge in [0.05, 0.1) is 12.1 Å². The Kier molecular flexibility index (Phi) is 6.02. The Morgan fingerprint density at radius 1 is 1.36 bits per heavy atom. The molecule has 3 atom stereocenters. The number of aryl methyl sites for hydroxylation is 1. The highest BCUT2D eigenvalue weighted by atomic mass is 16.3. The second-order valence-corrected chi connectivity index (χ2v) is 7.53. The van der Waals surface area contributed by atoms with Gasteiger partial charge in [-0.05, 0) is 57.8 Å². The summed E-state index contributed by atoms with van der Waals surface area (Å²) in [6, 6.07) is 4.01. The number of carbonyl (C=O) groups is 1. The standard InChI is InChI=1S/C19H31N3O3/c1-14-8-9-18(25-14)16(22-10-3-4-11-22)12-20-19(24)21(2)13-15-6-5-7-17(15)23/h8-9,15-17,23H,3-7,10-13H2,1-2H3,(H,20,24). The molecule has 3 rings (SSSR count). The van der Waals surface area contributed by atoms with Crippen LogP contribution in [0.15, 0.2) is 16.5 Å². The fourth-order valence-electron chi connectivity index (χ4n) is 4.08. The molecule has 6 nitrogen and oxygen atoms in total. The van der Waals surface area contributed by atoms with Gasteiger partial charge < -0.3 is 19.7 Å². The average molecular weight is 349 g/mol. The SMILES string of the molecule is Cc1ccc(C(CNC(=O)N(C)CC2CCCC2O)N2CCCC2)o1. The summed E-state index contributed by atoms with van der Waals surface area (Å²) in [5, 5.41) is 13.0. The smallest absolute Gasteiger partial charge is 0.317 e. The van der Waals surface area contributed by atoms with E-state index in [2.05, 4.69) is 10.2 Å². The number of rotatable bonds is 6. The fourth-order valence-corrected chi connectivity index (χ4v) is 4.08. The second kappa shape index (κ2) is 8.23. The minimum atomic E-state index is -0.265. The van der Waals surface area contributed by atoms with Crippen molar-refractivity contribution in [1.29, 1.82) is 0 Å². The average Bonchev–Trinajstić information content (AvgIpc) is 3.32. The van der Waals surface area contributed by atoms with E-state index >= 15 is 0 Å². The maximum Gasteiger partial charge on any atom is 0.317 e. The Hall–Kier alpha value is -1.53. The number of furan rings is 1. The lowest BCUT2D eigenvalue weighted by Gasteiger charge is -2.28. The summed E-state index contributed by atoms with van der Waals surface area (Å²) >= 11 is 0. The van der Waals surface area contributed by atoms with Crippen molar-refractivity contribution in [3.63, 3.8) is 0 Å². The topological polar surface area (TPSA) is 69.0 Å². The van der Waals surface area contributed by atoms with E-state index in [9.17, 15) is 9.90 Å². The maximum atomic E-state index is 12.5. The van der Waals surface area contributed by atoms with Crippen molar-refractivity contribution in [1.82, 2.24) is 15.1 Å². The number of hydrogen-bond donors (Lipinski definition) is 2. The molecule has 1 saturated heterocycles. The predicted octanol–water partition coefficient (Wildman–Crippen LogP) is 2.53. The Bertz CT molecular complexity index is 568. The lowest BCUT2D eigenvalue weighted by molar-refractivity contribution is 0.113. The van der Waals surface area contributed by atoms with Gasteiger partial charge in [0.1, 0.15) is 11.5 Å².